The number of carbonyl (C=O) groups is 1. The molecule has 1 unspecified atom stereocenters. The Labute approximate surface area is 213 Å². The van der Waals surface area contributed by atoms with Crippen LogP contribution in [0.4, 0.5) is 5.69 Å². The highest BCUT2D eigenvalue weighted by Gasteiger charge is 2.41. The quantitative estimate of drug-likeness (QED) is 0.487. The van der Waals surface area contributed by atoms with Crippen LogP contribution in [0.5, 0.6) is 0 Å². The summed E-state index contributed by atoms with van der Waals surface area (Å²) < 4.78 is 5.69. The second-order valence-corrected chi connectivity index (χ2v) is 13.7. The maximum Gasteiger partial charge on any atom is 0.253 e. The number of benzene rings is 3. The highest BCUT2D eigenvalue weighted by atomic mass is 32.4. The summed E-state index contributed by atoms with van der Waals surface area (Å²) in [6, 6.07) is 28.6. The smallest absolute Gasteiger partial charge is 0.253 e. The Kier molecular flexibility index (Phi) is 7.48. The molecule has 0 spiro atoms. The van der Waals surface area contributed by atoms with Gasteiger partial charge in [-0.05, 0) is 42.0 Å². The van der Waals surface area contributed by atoms with E-state index in [1.807, 2.05) is 42.5 Å². The summed E-state index contributed by atoms with van der Waals surface area (Å²) in [5.41, 5.74) is 2.95. The Balaban J connectivity index is 1.65. The minimum Gasteiger partial charge on any atom is -0.378 e. The van der Waals surface area contributed by atoms with Gasteiger partial charge in [0.25, 0.3) is 5.91 Å². The van der Waals surface area contributed by atoms with Crippen LogP contribution in [0.3, 0.4) is 0 Å². The van der Waals surface area contributed by atoms with E-state index in [0.29, 0.717) is 13.2 Å². The SMILES string of the molecule is O=C(Nc1ccccc1)C1=C(N2CCOCC2)C(P(=S)(c2ccccc2)c2ccccc2)CCC1. The zero-order chi connectivity index (χ0) is 24.1. The third-order valence-corrected chi connectivity index (χ3v) is 12.4. The number of rotatable bonds is 6. The first-order valence-electron chi connectivity index (χ1n) is 12.3. The first kappa shape index (κ1) is 24.0. The summed E-state index contributed by atoms with van der Waals surface area (Å²) in [4.78, 5) is 16.1. The van der Waals surface area contributed by atoms with Crippen molar-refractivity contribution in [3.05, 3.63) is 102 Å². The monoisotopic (exact) mass is 502 g/mol. The molecule has 1 N–H and O–H groups in total. The van der Waals surface area contributed by atoms with Crippen LogP contribution in [0, 0.1) is 0 Å². The molecule has 1 fully saturated rings. The van der Waals surface area contributed by atoms with Gasteiger partial charge < -0.3 is 15.0 Å². The molecular formula is C29H31N2O2PS. The number of hydrogen-bond acceptors (Lipinski definition) is 4. The first-order chi connectivity index (χ1) is 17.2. The number of anilines is 1. The number of hydrogen-bond donors (Lipinski definition) is 1. The molecule has 6 heteroatoms. The van der Waals surface area contributed by atoms with Gasteiger partial charge in [0.15, 0.2) is 0 Å². The average molecular weight is 503 g/mol. The molecule has 1 atom stereocenters. The van der Waals surface area contributed by atoms with E-state index in [9.17, 15) is 4.79 Å². The number of ether oxygens (including phenoxy) is 1. The molecule has 1 saturated heterocycles. The molecular weight excluding hydrogens is 471 g/mol. The molecule has 1 heterocycles. The lowest BCUT2D eigenvalue weighted by Gasteiger charge is -2.43. The van der Waals surface area contributed by atoms with Crippen LogP contribution in [0.1, 0.15) is 19.3 Å². The molecule has 3 aromatic carbocycles. The van der Waals surface area contributed by atoms with Crippen molar-refractivity contribution < 1.29 is 9.53 Å². The molecule has 1 amide bonds. The Hall–Kier alpha value is -2.72. The van der Waals surface area contributed by atoms with Crippen LogP contribution in [0.15, 0.2) is 102 Å². The molecule has 0 radical (unpaired) electrons. The molecule has 0 saturated carbocycles. The lowest BCUT2D eigenvalue weighted by molar-refractivity contribution is -0.113. The Morgan fingerprint density at radius 3 is 1.97 bits per heavy atom. The first-order valence-corrected chi connectivity index (χ1v) is 15.2. The van der Waals surface area contributed by atoms with E-state index in [1.54, 1.807) is 0 Å². The standard InChI is InChI=1S/C29H31N2O2PS/c32-29(30-23-11-4-1-5-12-23)26-17-10-18-27(28(26)31-19-21-33-22-20-31)34(35,24-13-6-2-7-14-24)25-15-8-3-9-16-25/h1-9,11-16,27H,10,17-22H2,(H,30,32). The summed E-state index contributed by atoms with van der Waals surface area (Å²) in [6.07, 6.45) is 2.70. The molecule has 0 bridgehead atoms. The van der Waals surface area contributed by atoms with Gasteiger partial charge in [-0.2, -0.15) is 0 Å². The highest BCUT2D eigenvalue weighted by Crippen LogP contribution is 2.56. The van der Waals surface area contributed by atoms with Crippen LogP contribution in [0.25, 0.3) is 0 Å². The van der Waals surface area contributed by atoms with E-state index in [1.165, 1.54) is 10.6 Å². The minimum atomic E-state index is -2.27. The molecule has 35 heavy (non-hydrogen) atoms. The Bertz CT molecular complexity index is 1180. The maximum atomic E-state index is 13.7. The van der Waals surface area contributed by atoms with Gasteiger partial charge in [0, 0.05) is 41.7 Å². The lowest BCUT2D eigenvalue weighted by atomic mass is 9.93. The maximum absolute atomic E-state index is 13.7. The van der Waals surface area contributed by atoms with Gasteiger partial charge in [0.1, 0.15) is 0 Å². The molecule has 2 aliphatic rings. The minimum absolute atomic E-state index is 0.00920. The van der Waals surface area contributed by atoms with E-state index in [-0.39, 0.29) is 11.6 Å². The Morgan fingerprint density at radius 1 is 0.857 bits per heavy atom. The van der Waals surface area contributed by atoms with Crippen molar-refractivity contribution in [3.8, 4) is 0 Å². The number of amides is 1. The second-order valence-electron chi connectivity index (χ2n) is 9.02. The summed E-state index contributed by atoms with van der Waals surface area (Å²) in [5, 5.41) is 5.58. The van der Waals surface area contributed by atoms with Crippen molar-refractivity contribution in [2.45, 2.75) is 24.9 Å². The summed E-state index contributed by atoms with van der Waals surface area (Å²) in [7, 11) is 0. The van der Waals surface area contributed by atoms with Gasteiger partial charge >= 0.3 is 0 Å². The number of nitrogens with one attached hydrogen (secondary N) is 1. The fourth-order valence-corrected chi connectivity index (χ4v) is 10.1. The van der Waals surface area contributed by atoms with Crippen LogP contribution in [-0.4, -0.2) is 42.8 Å². The molecule has 1 aliphatic carbocycles. The largest absolute Gasteiger partial charge is 0.378 e. The summed E-state index contributed by atoms with van der Waals surface area (Å²) >= 11 is 6.76. The number of nitrogens with zero attached hydrogens (tertiary/aromatic N) is 1. The molecule has 5 rings (SSSR count). The van der Waals surface area contributed by atoms with E-state index in [2.05, 4.69) is 58.7 Å². The van der Waals surface area contributed by atoms with Gasteiger partial charge in [-0.15, -0.1) is 0 Å². The van der Waals surface area contributed by atoms with Gasteiger partial charge in [-0.1, -0.05) is 90.7 Å². The topological polar surface area (TPSA) is 41.6 Å². The normalized spacial score (nSPS) is 18.9. The van der Waals surface area contributed by atoms with Gasteiger partial charge in [-0.25, -0.2) is 0 Å². The Morgan fingerprint density at radius 2 is 1.40 bits per heavy atom. The molecule has 4 nitrogen and oxygen atoms in total. The third-order valence-electron chi connectivity index (χ3n) is 6.91. The van der Waals surface area contributed by atoms with Crippen molar-refractivity contribution in [1.82, 2.24) is 4.90 Å². The number of morpholine rings is 1. The predicted molar refractivity (Wildman–Crippen MR) is 149 cm³/mol. The molecule has 1 aliphatic heterocycles. The highest BCUT2D eigenvalue weighted by molar-refractivity contribution is 8.22. The van der Waals surface area contributed by atoms with E-state index in [4.69, 9.17) is 16.5 Å². The van der Waals surface area contributed by atoms with Crippen molar-refractivity contribution in [3.63, 3.8) is 0 Å². The summed E-state index contributed by atoms with van der Waals surface area (Å²) in [5.74, 6) is -0.00920. The van der Waals surface area contributed by atoms with Gasteiger partial charge in [0.2, 0.25) is 0 Å². The number of allylic oxidation sites excluding steroid dienone is 1. The van der Waals surface area contributed by atoms with E-state index < -0.39 is 6.04 Å². The van der Waals surface area contributed by atoms with Crippen molar-refractivity contribution in [2.75, 3.05) is 31.6 Å². The average Bonchev–Trinajstić information content (AvgIpc) is 2.94. The zero-order valence-corrected chi connectivity index (χ0v) is 21.5. The van der Waals surface area contributed by atoms with Gasteiger partial charge in [0.05, 0.1) is 13.2 Å². The molecule has 3 aromatic rings. The molecule has 180 valence electrons. The van der Waals surface area contributed by atoms with Crippen LogP contribution in [0.2, 0.25) is 0 Å². The van der Waals surface area contributed by atoms with E-state index in [0.717, 1.165) is 49.3 Å². The third kappa shape index (κ3) is 4.99. The lowest BCUT2D eigenvalue weighted by Crippen LogP contribution is -2.44. The van der Waals surface area contributed by atoms with Crippen molar-refractivity contribution in [2.24, 2.45) is 0 Å². The van der Waals surface area contributed by atoms with Crippen LogP contribution >= 0.6 is 6.04 Å². The summed E-state index contributed by atoms with van der Waals surface area (Å²) in [6.45, 7) is 2.91. The molecule has 0 aromatic heterocycles. The van der Waals surface area contributed by atoms with Crippen LogP contribution < -0.4 is 15.9 Å². The fraction of sp³-hybridized carbons (Fsp3) is 0.276. The fourth-order valence-electron chi connectivity index (χ4n) is 5.26. The van der Waals surface area contributed by atoms with E-state index >= 15 is 0 Å². The predicted octanol–water partition coefficient (Wildman–Crippen LogP) is 4.89. The van der Waals surface area contributed by atoms with Gasteiger partial charge in [-0.3, -0.25) is 4.79 Å². The van der Waals surface area contributed by atoms with Crippen molar-refractivity contribution in [1.29, 1.82) is 0 Å². The second kappa shape index (κ2) is 10.9. The number of para-hydroxylation sites is 1. The van der Waals surface area contributed by atoms with Crippen LogP contribution in [-0.2, 0) is 21.3 Å². The number of carbonyl (C=O) groups excluding carboxylic acids is 1. The van der Waals surface area contributed by atoms with Crippen molar-refractivity contribution >= 4 is 40.0 Å². The zero-order valence-electron chi connectivity index (χ0n) is 19.8.